The van der Waals surface area contributed by atoms with Gasteiger partial charge >= 0.3 is 0 Å². The summed E-state index contributed by atoms with van der Waals surface area (Å²) < 4.78 is 11.1. The zero-order valence-electron chi connectivity index (χ0n) is 17.1. The number of aromatic nitrogens is 1. The molecule has 2 aliphatic rings. The molecule has 0 spiro atoms. The van der Waals surface area contributed by atoms with Crippen LogP contribution in [-0.2, 0) is 9.47 Å². The summed E-state index contributed by atoms with van der Waals surface area (Å²) in [4.78, 5) is 3.11. The Bertz CT molecular complexity index is 996. The van der Waals surface area contributed by atoms with Crippen molar-refractivity contribution in [2.75, 3.05) is 13.2 Å². The quantitative estimate of drug-likeness (QED) is 0.244. The molecule has 0 saturated carbocycles. The lowest BCUT2D eigenvalue weighted by molar-refractivity contribution is -0.232. The normalized spacial score (nSPS) is 37.8. The zero-order valence-corrected chi connectivity index (χ0v) is 17.1. The molecule has 10 heteroatoms. The summed E-state index contributed by atoms with van der Waals surface area (Å²) in [6.07, 6.45) is -9.91. The molecule has 8 N–H and O–H groups in total. The molecule has 0 bridgehead atoms. The Morgan fingerprint density at radius 2 is 1.69 bits per heavy atom. The molecule has 4 rings (SSSR count). The van der Waals surface area contributed by atoms with Gasteiger partial charge in [-0.3, -0.25) is 0 Å². The highest BCUT2D eigenvalue weighted by atomic mass is 16.5. The summed E-state index contributed by atoms with van der Waals surface area (Å²) in [7, 11) is 0. The summed E-state index contributed by atoms with van der Waals surface area (Å²) in [5, 5.41) is 69.8. The summed E-state index contributed by atoms with van der Waals surface area (Å²) in [6, 6.07) is 7.00. The van der Waals surface area contributed by atoms with Crippen LogP contribution in [0, 0.1) is 11.8 Å². The van der Waals surface area contributed by atoms with Crippen LogP contribution >= 0.6 is 0 Å². The van der Waals surface area contributed by atoms with Gasteiger partial charge in [0.05, 0.1) is 25.4 Å². The lowest BCUT2D eigenvalue weighted by Gasteiger charge is -2.39. The van der Waals surface area contributed by atoms with Crippen molar-refractivity contribution < 1.29 is 45.2 Å². The van der Waals surface area contributed by atoms with Crippen LogP contribution in [-0.4, -0.2) is 103 Å². The minimum absolute atomic E-state index is 0.130. The molecule has 0 amide bonds. The predicted octanol–water partition coefficient (Wildman–Crippen LogP) is -2.09. The van der Waals surface area contributed by atoms with Crippen LogP contribution in [0.2, 0.25) is 0 Å². The van der Waals surface area contributed by atoms with Crippen molar-refractivity contribution in [3.8, 4) is 11.8 Å². The van der Waals surface area contributed by atoms with E-state index >= 15 is 0 Å². The van der Waals surface area contributed by atoms with Crippen LogP contribution in [0.3, 0.4) is 0 Å². The van der Waals surface area contributed by atoms with Crippen LogP contribution in [0.15, 0.2) is 24.3 Å². The number of rotatable bonds is 3. The minimum atomic E-state index is -1.47. The van der Waals surface area contributed by atoms with E-state index in [0.29, 0.717) is 16.8 Å². The van der Waals surface area contributed by atoms with Gasteiger partial charge in [0, 0.05) is 23.2 Å². The van der Waals surface area contributed by atoms with Gasteiger partial charge in [0.1, 0.15) is 42.7 Å². The molecule has 2 fully saturated rings. The first-order valence-corrected chi connectivity index (χ1v) is 10.4. The fourth-order valence-electron chi connectivity index (χ4n) is 4.08. The second-order valence-electron chi connectivity index (χ2n) is 8.20. The molecule has 3 heterocycles. The van der Waals surface area contributed by atoms with Crippen molar-refractivity contribution in [2.45, 2.75) is 61.4 Å². The van der Waals surface area contributed by atoms with E-state index in [1.165, 1.54) is 0 Å². The topological polar surface area (TPSA) is 176 Å². The first kappa shape index (κ1) is 23.1. The summed E-state index contributed by atoms with van der Waals surface area (Å²) in [5.41, 5.74) is 1.72. The van der Waals surface area contributed by atoms with Gasteiger partial charge in [0.15, 0.2) is 0 Å². The van der Waals surface area contributed by atoms with Crippen LogP contribution in [0.1, 0.15) is 23.8 Å². The molecule has 1 aromatic carbocycles. The molecule has 174 valence electrons. The first-order valence-electron chi connectivity index (χ1n) is 10.4. The van der Waals surface area contributed by atoms with E-state index in [-0.39, 0.29) is 13.0 Å². The largest absolute Gasteiger partial charge is 0.394 e. The highest BCUT2D eigenvalue weighted by Gasteiger charge is 2.44. The number of nitrogens with one attached hydrogen (secondary N) is 1. The van der Waals surface area contributed by atoms with E-state index in [1.807, 2.05) is 0 Å². The van der Waals surface area contributed by atoms with Gasteiger partial charge in [-0.15, -0.1) is 0 Å². The highest BCUT2D eigenvalue weighted by Crippen LogP contribution is 2.33. The number of aliphatic hydroxyl groups is 7. The molecule has 9 unspecified atom stereocenters. The fourth-order valence-corrected chi connectivity index (χ4v) is 4.08. The maximum atomic E-state index is 10.3. The van der Waals surface area contributed by atoms with Gasteiger partial charge in [0.2, 0.25) is 0 Å². The minimum Gasteiger partial charge on any atom is -0.394 e. The maximum Gasteiger partial charge on any atom is 0.147 e. The average Bonchev–Trinajstić information content (AvgIpc) is 3.21. The Morgan fingerprint density at radius 1 is 0.906 bits per heavy atom. The molecule has 0 radical (unpaired) electrons. The van der Waals surface area contributed by atoms with Gasteiger partial charge in [-0.2, -0.15) is 0 Å². The van der Waals surface area contributed by atoms with Crippen molar-refractivity contribution in [1.82, 2.24) is 4.98 Å². The van der Waals surface area contributed by atoms with Crippen LogP contribution in [0.4, 0.5) is 0 Å². The van der Waals surface area contributed by atoms with Gasteiger partial charge in [0.25, 0.3) is 0 Å². The zero-order chi connectivity index (χ0) is 23.0. The molecule has 32 heavy (non-hydrogen) atoms. The second-order valence-corrected chi connectivity index (χ2v) is 8.20. The summed E-state index contributed by atoms with van der Waals surface area (Å²) >= 11 is 0. The fraction of sp³-hybridized carbons (Fsp3) is 0.545. The third-order valence-electron chi connectivity index (χ3n) is 5.95. The lowest BCUT2D eigenvalue weighted by atomic mass is 9.93. The smallest absolute Gasteiger partial charge is 0.147 e. The van der Waals surface area contributed by atoms with E-state index in [9.17, 15) is 35.7 Å². The number of hydrogen-bond donors (Lipinski definition) is 8. The lowest BCUT2D eigenvalue weighted by Crippen LogP contribution is -2.55. The summed E-state index contributed by atoms with van der Waals surface area (Å²) in [6.45, 7) is -0.792. The Kier molecular flexibility index (Phi) is 6.83. The molecule has 2 aromatic rings. The van der Waals surface area contributed by atoms with Crippen molar-refractivity contribution in [2.24, 2.45) is 0 Å². The molecule has 1 aromatic heterocycles. The summed E-state index contributed by atoms with van der Waals surface area (Å²) in [5.74, 6) is 5.68. The maximum absolute atomic E-state index is 10.3. The number of fused-ring (bicyclic) bond motifs is 1. The molecule has 2 aliphatic heterocycles. The van der Waals surface area contributed by atoms with Crippen LogP contribution in [0.5, 0.6) is 0 Å². The van der Waals surface area contributed by atoms with Gasteiger partial charge in [-0.1, -0.05) is 17.9 Å². The van der Waals surface area contributed by atoms with Crippen molar-refractivity contribution >= 4 is 10.9 Å². The number of aliphatic hydroxyl groups excluding tert-OH is 7. The highest BCUT2D eigenvalue weighted by molar-refractivity contribution is 5.82. The van der Waals surface area contributed by atoms with E-state index in [0.717, 1.165) is 5.39 Å². The number of ether oxygens (including phenoxy) is 2. The third kappa shape index (κ3) is 4.40. The van der Waals surface area contributed by atoms with Crippen molar-refractivity contribution in [1.29, 1.82) is 0 Å². The Labute approximate surface area is 183 Å². The molecule has 2 saturated heterocycles. The van der Waals surface area contributed by atoms with Crippen LogP contribution < -0.4 is 0 Å². The molecule has 0 aliphatic carbocycles. The predicted molar refractivity (Wildman–Crippen MR) is 110 cm³/mol. The third-order valence-corrected chi connectivity index (χ3v) is 5.95. The number of benzene rings is 1. The number of hydrogen-bond acceptors (Lipinski definition) is 9. The first-order chi connectivity index (χ1) is 15.3. The van der Waals surface area contributed by atoms with Crippen molar-refractivity contribution in [3.05, 3.63) is 35.5 Å². The molecular formula is C22H27NO9. The van der Waals surface area contributed by atoms with E-state index in [1.54, 1.807) is 24.3 Å². The Balaban J connectivity index is 1.56. The number of aromatic amines is 1. The molecular weight excluding hydrogens is 422 g/mol. The van der Waals surface area contributed by atoms with E-state index in [2.05, 4.69) is 16.8 Å². The number of H-pyrrole nitrogens is 1. The van der Waals surface area contributed by atoms with E-state index < -0.39 is 61.5 Å². The van der Waals surface area contributed by atoms with Gasteiger partial charge < -0.3 is 50.2 Å². The molecule has 10 nitrogen and oxygen atoms in total. The van der Waals surface area contributed by atoms with Gasteiger partial charge in [-0.05, 0) is 23.6 Å². The SMILES string of the molecule is OCC1CC(O)C(O)C(C#Cc2ccc3cc(C4OC(CO)C(O)C(O)C4O)[nH]c3c2)O1. The Hall–Kier alpha value is -2.04. The average molecular weight is 449 g/mol. The standard InChI is InChI=1S/C22H27NO9/c24-8-12-7-15(26)18(27)16(31-12)4-2-10-1-3-11-6-14(23-13(11)5-10)22-21(30)20(29)19(28)17(9-25)32-22/h1,3,5-6,12,15-30H,7-9H2. The van der Waals surface area contributed by atoms with E-state index in [4.69, 9.17) is 9.47 Å². The van der Waals surface area contributed by atoms with Gasteiger partial charge in [-0.25, -0.2) is 0 Å². The van der Waals surface area contributed by atoms with Crippen LogP contribution in [0.25, 0.3) is 10.9 Å². The Morgan fingerprint density at radius 3 is 2.41 bits per heavy atom. The monoisotopic (exact) mass is 449 g/mol. The molecule has 9 atom stereocenters. The van der Waals surface area contributed by atoms with Crippen molar-refractivity contribution in [3.63, 3.8) is 0 Å². The second kappa shape index (κ2) is 9.44.